The van der Waals surface area contributed by atoms with Gasteiger partial charge in [0.1, 0.15) is 5.82 Å². The topological polar surface area (TPSA) is 113 Å². The van der Waals surface area contributed by atoms with Crippen molar-refractivity contribution in [1.29, 1.82) is 0 Å². The van der Waals surface area contributed by atoms with Gasteiger partial charge in [-0.3, -0.25) is 0 Å². The van der Waals surface area contributed by atoms with Gasteiger partial charge in [0.25, 0.3) is 0 Å². The number of rotatable bonds is 6. The fraction of sp³-hybridized carbons (Fsp3) is 0.0526. The van der Waals surface area contributed by atoms with Gasteiger partial charge < -0.3 is 20.5 Å². The fourth-order valence-electron chi connectivity index (χ4n) is 2.41. The quantitative estimate of drug-likeness (QED) is 0.570. The van der Waals surface area contributed by atoms with Crippen molar-refractivity contribution < 1.29 is 19.4 Å². The van der Waals surface area contributed by atoms with E-state index in [0.717, 1.165) is 0 Å². The van der Waals surface area contributed by atoms with Crippen LogP contribution in [0.15, 0.2) is 60.8 Å². The Balaban J connectivity index is 1.86. The van der Waals surface area contributed by atoms with E-state index < -0.39 is 11.9 Å². The molecule has 8 heteroatoms. The lowest BCUT2D eigenvalue weighted by Crippen LogP contribution is -2.08. The molecule has 2 aromatic carbocycles. The third-order valence-corrected chi connectivity index (χ3v) is 3.65. The maximum absolute atomic E-state index is 11.9. The van der Waals surface area contributed by atoms with E-state index in [2.05, 4.69) is 20.6 Å². The summed E-state index contributed by atoms with van der Waals surface area (Å²) in [6, 6.07) is 14.9. The van der Waals surface area contributed by atoms with E-state index in [1.807, 2.05) is 0 Å². The highest BCUT2D eigenvalue weighted by atomic mass is 16.5. The second-order valence-corrected chi connectivity index (χ2v) is 5.40. The number of nitrogens with one attached hydrogen (secondary N) is 2. The number of anilines is 4. The van der Waals surface area contributed by atoms with Gasteiger partial charge in [-0.25, -0.2) is 14.6 Å². The highest BCUT2D eigenvalue weighted by Gasteiger charge is 2.13. The van der Waals surface area contributed by atoms with Crippen LogP contribution in [-0.4, -0.2) is 34.1 Å². The van der Waals surface area contributed by atoms with Crippen molar-refractivity contribution in [2.75, 3.05) is 17.7 Å². The zero-order valence-corrected chi connectivity index (χ0v) is 14.3. The summed E-state index contributed by atoms with van der Waals surface area (Å²) in [4.78, 5) is 31.6. The minimum Gasteiger partial charge on any atom is -0.478 e. The number of methoxy groups -OCH3 is 1. The number of esters is 1. The van der Waals surface area contributed by atoms with Crippen molar-refractivity contribution in [3.63, 3.8) is 0 Å². The minimum atomic E-state index is -1.04. The van der Waals surface area contributed by atoms with Gasteiger partial charge in [-0.2, -0.15) is 4.98 Å². The summed E-state index contributed by atoms with van der Waals surface area (Å²) in [7, 11) is 1.31. The normalized spacial score (nSPS) is 10.1. The molecule has 0 aliphatic heterocycles. The smallest absolute Gasteiger partial charge is 0.339 e. The van der Waals surface area contributed by atoms with Crippen LogP contribution in [0.25, 0.3) is 0 Å². The Labute approximate surface area is 154 Å². The van der Waals surface area contributed by atoms with Crippen LogP contribution in [0, 0.1) is 0 Å². The van der Waals surface area contributed by atoms with Crippen LogP contribution >= 0.6 is 0 Å². The molecule has 0 amide bonds. The van der Waals surface area contributed by atoms with Gasteiger partial charge in [-0.15, -0.1) is 0 Å². The number of carboxylic acids is 1. The molecular formula is C19H16N4O4. The lowest BCUT2D eigenvalue weighted by atomic mass is 10.2. The standard InChI is InChI=1S/C19H16N4O4/c1-27-18(26)13-7-3-5-9-15(13)22-19-20-11-10-16(23-19)21-14-8-4-2-6-12(14)17(24)25/h2-11H,1H3,(H,24,25)(H2,20,21,22,23). The third kappa shape index (κ3) is 4.18. The molecule has 0 fully saturated rings. The van der Waals surface area contributed by atoms with Crippen molar-refractivity contribution in [2.45, 2.75) is 0 Å². The van der Waals surface area contributed by atoms with Crippen molar-refractivity contribution in [2.24, 2.45) is 0 Å². The maximum Gasteiger partial charge on any atom is 0.339 e. The molecule has 0 radical (unpaired) electrons. The van der Waals surface area contributed by atoms with Crippen LogP contribution in [0.5, 0.6) is 0 Å². The second kappa shape index (κ2) is 7.96. The first kappa shape index (κ1) is 17.9. The molecule has 0 bridgehead atoms. The number of aromatic carboxylic acids is 1. The number of carbonyl (C=O) groups excluding carboxylic acids is 1. The molecule has 3 N–H and O–H groups in total. The second-order valence-electron chi connectivity index (χ2n) is 5.40. The molecule has 27 heavy (non-hydrogen) atoms. The van der Waals surface area contributed by atoms with Gasteiger partial charge in [0, 0.05) is 6.20 Å². The number of benzene rings is 2. The van der Waals surface area contributed by atoms with E-state index >= 15 is 0 Å². The number of nitrogens with zero attached hydrogens (tertiary/aromatic N) is 2. The molecule has 136 valence electrons. The first-order valence-corrected chi connectivity index (χ1v) is 7.95. The summed E-state index contributed by atoms with van der Waals surface area (Å²) in [5.41, 5.74) is 1.37. The Morgan fingerprint density at radius 1 is 0.926 bits per heavy atom. The Kier molecular flexibility index (Phi) is 5.27. The number of aromatic nitrogens is 2. The molecule has 0 aliphatic carbocycles. The number of ether oxygens (including phenoxy) is 1. The van der Waals surface area contributed by atoms with E-state index in [9.17, 15) is 14.7 Å². The number of para-hydroxylation sites is 2. The Morgan fingerprint density at radius 2 is 1.56 bits per heavy atom. The number of hydrogen-bond acceptors (Lipinski definition) is 7. The molecule has 8 nitrogen and oxygen atoms in total. The first-order valence-electron chi connectivity index (χ1n) is 7.95. The van der Waals surface area contributed by atoms with Gasteiger partial charge in [0.2, 0.25) is 5.95 Å². The Morgan fingerprint density at radius 3 is 2.22 bits per heavy atom. The van der Waals surface area contributed by atoms with Crippen LogP contribution in [0.2, 0.25) is 0 Å². The van der Waals surface area contributed by atoms with Crippen molar-refractivity contribution in [3.8, 4) is 0 Å². The minimum absolute atomic E-state index is 0.127. The summed E-state index contributed by atoms with van der Waals surface area (Å²) in [6.07, 6.45) is 1.52. The molecule has 0 saturated carbocycles. The summed E-state index contributed by atoms with van der Waals surface area (Å²) in [6.45, 7) is 0. The van der Waals surface area contributed by atoms with Crippen LogP contribution in [0.3, 0.4) is 0 Å². The number of carbonyl (C=O) groups is 2. The summed E-state index contributed by atoms with van der Waals surface area (Å²) in [5, 5.41) is 15.2. The van der Waals surface area contributed by atoms with E-state index in [1.165, 1.54) is 19.4 Å². The molecule has 0 saturated heterocycles. The highest BCUT2D eigenvalue weighted by molar-refractivity contribution is 5.96. The molecule has 3 aromatic rings. The SMILES string of the molecule is COC(=O)c1ccccc1Nc1nccc(Nc2ccccc2C(=O)O)n1. The third-order valence-electron chi connectivity index (χ3n) is 3.65. The lowest BCUT2D eigenvalue weighted by Gasteiger charge is -2.11. The monoisotopic (exact) mass is 364 g/mol. The summed E-state index contributed by atoms with van der Waals surface area (Å²) >= 11 is 0. The number of hydrogen-bond donors (Lipinski definition) is 3. The Hall–Kier alpha value is -3.94. The van der Waals surface area contributed by atoms with Gasteiger partial charge >= 0.3 is 11.9 Å². The predicted molar refractivity (Wildman–Crippen MR) is 99.8 cm³/mol. The Bertz CT molecular complexity index is 991. The van der Waals surface area contributed by atoms with Gasteiger partial charge in [0.05, 0.1) is 29.6 Å². The van der Waals surface area contributed by atoms with Crippen molar-refractivity contribution in [3.05, 3.63) is 71.9 Å². The molecule has 1 aromatic heterocycles. The van der Waals surface area contributed by atoms with E-state index in [4.69, 9.17) is 4.74 Å². The average Bonchev–Trinajstić information content (AvgIpc) is 2.68. The highest BCUT2D eigenvalue weighted by Crippen LogP contribution is 2.22. The van der Waals surface area contributed by atoms with E-state index in [-0.39, 0.29) is 11.5 Å². The van der Waals surface area contributed by atoms with Crippen LogP contribution in [0.4, 0.5) is 23.1 Å². The number of carboxylic acid groups (broad SMARTS) is 1. The first-order chi connectivity index (χ1) is 13.1. The zero-order valence-electron chi connectivity index (χ0n) is 14.3. The average molecular weight is 364 g/mol. The summed E-state index contributed by atoms with van der Waals surface area (Å²) < 4.78 is 4.77. The summed E-state index contributed by atoms with van der Waals surface area (Å²) in [5.74, 6) is -0.888. The fourth-order valence-corrected chi connectivity index (χ4v) is 2.41. The molecule has 0 aliphatic rings. The van der Waals surface area contributed by atoms with Crippen LogP contribution < -0.4 is 10.6 Å². The van der Waals surface area contributed by atoms with Crippen LogP contribution in [0.1, 0.15) is 20.7 Å². The maximum atomic E-state index is 11.9. The lowest BCUT2D eigenvalue weighted by molar-refractivity contribution is 0.0601. The predicted octanol–water partition coefficient (Wildman–Crippen LogP) is 3.45. The van der Waals surface area contributed by atoms with E-state index in [0.29, 0.717) is 22.8 Å². The van der Waals surface area contributed by atoms with Gasteiger partial charge in [-0.1, -0.05) is 24.3 Å². The van der Waals surface area contributed by atoms with Crippen molar-refractivity contribution >= 4 is 35.1 Å². The molecule has 0 atom stereocenters. The van der Waals surface area contributed by atoms with E-state index in [1.54, 1.807) is 48.5 Å². The largest absolute Gasteiger partial charge is 0.478 e. The molecule has 3 rings (SSSR count). The molecular weight excluding hydrogens is 348 g/mol. The molecule has 0 spiro atoms. The van der Waals surface area contributed by atoms with Gasteiger partial charge in [0.15, 0.2) is 0 Å². The molecule has 1 heterocycles. The molecule has 0 unspecified atom stereocenters. The van der Waals surface area contributed by atoms with Crippen LogP contribution in [-0.2, 0) is 4.74 Å². The zero-order chi connectivity index (χ0) is 19.2. The van der Waals surface area contributed by atoms with Gasteiger partial charge in [-0.05, 0) is 30.3 Å². The van der Waals surface area contributed by atoms with Crippen molar-refractivity contribution in [1.82, 2.24) is 9.97 Å².